The molecule has 0 aliphatic heterocycles. The van der Waals surface area contributed by atoms with Crippen LogP contribution >= 0.6 is 0 Å². The minimum atomic E-state index is -0.326. The molecule has 92 valence electrons. The van der Waals surface area contributed by atoms with E-state index in [9.17, 15) is 10.1 Å². The topological polar surface area (TPSA) is 52.4 Å². The number of rotatable bonds is 5. The summed E-state index contributed by atoms with van der Waals surface area (Å²) < 4.78 is 5.03. The quantitative estimate of drug-likeness (QED) is 0.582. The van der Waals surface area contributed by atoms with Crippen LogP contribution in [0.4, 0.5) is 0 Å². The van der Waals surface area contributed by atoms with Crippen LogP contribution in [-0.2, 0) is 11.3 Å². The first kappa shape index (κ1) is 13.4. The zero-order chi connectivity index (χ0) is 12.8. The summed E-state index contributed by atoms with van der Waals surface area (Å²) in [6, 6.07) is 7.56. The number of nitro groups is 1. The molecule has 4 heteroatoms. The van der Waals surface area contributed by atoms with Crippen molar-refractivity contribution in [2.75, 3.05) is 7.11 Å². The van der Waals surface area contributed by atoms with E-state index in [1.165, 1.54) is 0 Å². The molecule has 0 radical (unpaired) electrons. The molecule has 0 atom stereocenters. The lowest BCUT2D eigenvalue weighted by molar-refractivity contribution is -0.431. The van der Waals surface area contributed by atoms with Crippen LogP contribution < -0.4 is 0 Å². The van der Waals surface area contributed by atoms with Gasteiger partial charge in [-0.2, -0.15) is 0 Å². The van der Waals surface area contributed by atoms with E-state index < -0.39 is 0 Å². The zero-order valence-corrected chi connectivity index (χ0v) is 10.3. The van der Waals surface area contributed by atoms with Gasteiger partial charge < -0.3 is 4.74 Å². The Labute approximate surface area is 101 Å². The molecular formula is C13H17NO3. The van der Waals surface area contributed by atoms with Crippen LogP contribution in [0.25, 0.3) is 6.08 Å². The van der Waals surface area contributed by atoms with Crippen LogP contribution in [0.1, 0.15) is 25.0 Å². The van der Waals surface area contributed by atoms with Gasteiger partial charge in [0.2, 0.25) is 5.70 Å². The molecule has 0 amide bonds. The molecule has 0 spiro atoms. The van der Waals surface area contributed by atoms with Gasteiger partial charge in [0.15, 0.2) is 0 Å². The van der Waals surface area contributed by atoms with E-state index in [0.29, 0.717) is 6.61 Å². The van der Waals surface area contributed by atoms with Gasteiger partial charge in [-0.1, -0.05) is 32.0 Å². The third kappa shape index (κ3) is 4.00. The van der Waals surface area contributed by atoms with Gasteiger partial charge in [-0.15, -0.1) is 0 Å². The smallest absolute Gasteiger partial charge is 0.249 e. The van der Waals surface area contributed by atoms with Crippen LogP contribution in [-0.4, -0.2) is 12.0 Å². The third-order valence-electron chi connectivity index (χ3n) is 2.38. The first-order valence-corrected chi connectivity index (χ1v) is 5.48. The molecule has 1 aromatic rings. The molecule has 1 aromatic carbocycles. The van der Waals surface area contributed by atoms with Gasteiger partial charge in [-0.05, 0) is 17.2 Å². The van der Waals surface area contributed by atoms with Crippen molar-refractivity contribution in [3.8, 4) is 0 Å². The Morgan fingerprint density at radius 2 is 2.24 bits per heavy atom. The lowest BCUT2D eigenvalue weighted by Crippen LogP contribution is -2.05. The summed E-state index contributed by atoms with van der Waals surface area (Å²) >= 11 is 0. The minimum Gasteiger partial charge on any atom is -0.380 e. The van der Waals surface area contributed by atoms with E-state index in [0.717, 1.165) is 11.1 Å². The summed E-state index contributed by atoms with van der Waals surface area (Å²) in [6.45, 7) is 4.14. The van der Waals surface area contributed by atoms with Gasteiger partial charge in [0, 0.05) is 19.1 Å². The van der Waals surface area contributed by atoms with Crippen LogP contribution in [0.3, 0.4) is 0 Å². The maximum absolute atomic E-state index is 10.9. The second kappa shape index (κ2) is 6.15. The molecule has 0 saturated heterocycles. The van der Waals surface area contributed by atoms with Gasteiger partial charge >= 0.3 is 0 Å². The maximum Gasteiger partial charge on any atom is 0.249 e. The lowest BCUT2D eigenvalue weighted by Gasteiger charge is -2.04. The predicted octanol–water partition coefficient (Wildman–Crippen LogP) is 3.11. The van der Waals surface area contributed by atoms with E-state index in [2.05, 4.69) is 0 Å². The Balaban J connectivity index is 3.02. The minimum absolute atomic E-state index is 0.101. The average molecular weight is 235 g/mol. The van der Waals surface area contributed by atoms with Gasteiger partial charge in [-0.3, -0.25) is 10.1 Å². The highest BCUT2D eigenvalue weighted by atomic mass is 16.6. The Hall–Kier alpha value is -1.68. The number of allylic oxidation sites excluding steroid dienone is 1. The second-order valence-corrected chi connectivity index (χ2v) is 4.16. The number of hydrogen-bond acceptors (Lipinski definition) is 3. The SMILES string of the molecule is COCc1cccc(/C=C(/C(C)C)[N+](=O)[O-])c1. The highest BCUT2D eigenvalue weighted by Gasteiger charge is 2.15. The number of methoxy groups -OCH3 is 1. The number of hydrogen-bond donors (Lipinski definition) is 0. The molecule has 0 saturated carbocycles. The second-order valence-electron chi connectivity index (χ2n) is 4.16. The van der Waals surface area contributed by atoms with E-state index in [1.54, 1.807) is 13.2 Å². The summed E-state index contributed by atoms with van der Waals surface area (Å²) in [4.78, 5) is 10.5. The summed E-state index contributed by atoms with van der Waals surface area (Å²) in [6.07, 6.45) is 1.61. The van der Waals surface area contributed by atoms with Crippen molar-refractivity contribution < 1.29 is 9.66 Å². The van der Waals surface area contributed by atoms with Crippen molar-refractivity contribution in [2.45, 2.75) is 20.5 Å². The maximum atomic E-state index is 10.9. The summed E-state index contributed by atoms with van der Waals surface area (Å²) in [5, 5.41) is 10.9. The summed E-state index contributed by atoms with van der Waals surface area (Å²) in [7, 11) is 1.62. The van der Waals surface area contributed by atoms with Gasteiger partial charge in [0.05, 0.1) is 11.5 Å². The van der Waals surface area contributed by atoms with Gasteiger partial charge in [0.1, 0.15) is 0 Å². The monoisotopic (exact) mass is 235 g/mol. The van der Waals surface area contributed by atoms with Crippen molar-refractivity contribution in [3.05, 3.63) is 51.2 Å². The average Bonchev–Trinajstić information content (AvgIpc) is 2.26. The van der Waals surface area contributed by atoms with Crippen molar-refractivity contribution in [3.63, 3.8) is 0 Å². The molecule has 0 aliphatic carbocycles. The molecular weight excluding hydrogens is 218 g/mol. The molecule has 0 bridgehead atoms. The summed E-state index contributed by atoms with van der Waals surface area (Å²) in [5.41, 5.74) is 2.06. The third-order valence-corrected chi connectivity index (χ3v) is 2.38. The Kier molecular flexibility index (Phi) is 4.84. The molecule has 0 unspecified atom stereocenters. The fraction of sp³-hybridized carbons (Fsp3) is 0.385. The van der Waals surface area contributed by atoms with Crippen molar-refractivity contribution >= 4 is 6.08 Å². The largest absolute Gasteiger partial charge is 0.380 e. The standard InChI is InChI=1S/C13H17NO3/c1-10(2)13(14(15)16)8-11-5-4-6-12(7-11)9-17-3/h4-8,10H,9H2,1-3H3/b13-8-. The van der Waals surface area contributed by atoms with Gasteiger partial charge in [-0.25, -0.2) is 0 Å². The highest BCUT2D eigenvalue weighted by Crippen LogP contribution is 2.16. The van der Waals surface area contributed by atoms with Crippen molar-refractivity contribution in [2.24, 2.45) is 5.92 Å². The fourth-order valence-electron chi connectivity index (χ4n) is 1.54. The van der Waals surface area contributed by atoms with Crippen molar-refractivity contribution in [1.29, 1.82) is 0 Å². The molecule has 0 fully saturated rings. The van der Waals surface area contributed by atoms with E-state index >= 15 is 0 Å². The summed E-state index contributed by atoms with van der Waals surface area (Å²) in [5.74, 6) is -0.101. The first-order chi connectivity index (χ1) is 8.04. The molecule has 0 heterocycles. The predicted molar refractivity (Wildman–Crippen MR) is 67.0 cm³/mol. The normalized spacial score (nSPS) is 11.9. The number of nitrogens with zero attached hydrogens (tertiary/aromatic N) is 1. The Morgan fingerprint density at radius 1 is 1.53 bits per heavy atom. The van der Waals surface area contributed by atoms with Crippen molar-refractivity contribution in [1.82, 2.24) is 0 Å². The van der Waals surface area contributed by atoms with Gasteiger partial charge in [0.25, 0.3) is 0 Å². The van der Waals surface area contributed by atoms with Crippen LogP contribution in [0.15, 0.2) is 30.0 Å². The molecule has 0 aromatic heterocycles. The Morgan fingerprint density at radius 3 is 2.76 bits per heavy atom. The van der Waals surface area contributed by atoms with E-state index in [4.69, 9.17) is 4.74 Å². The molecule has 1 rings (SSSR count). The molecule has 17 heavy (non-hydrogen) atoms. The zero-order valence-electron chi connectivity index (χ0n) is 10.3. The number of benzene rings is 1. The Bertz CT molecular complexity index is 424. The highest BCUT2D eigenvalue weighted by molar-refractivity contribution is 5.52. The van der Waals surface area contributed by atoms with Crippen LogP contribution in [0, 0.1) is 16.0 Å². The molecule has 0 N–H and O–H groups in total. The van der Waals surface area contributed by atoms with Crippen LogP contribution in [0.5, 0.6) is 0 Å². The molecule has 0 aliphatic rings. The van der Waals surface area contributed by atoms with Crippen LogP contribution in [0.2, 0.25) is 0 Å². The fourth-order valence-corrected chi connectivity index (χ4v) is 1.54. The number of ether oxygens (including phenoxy) is 1. The first-order valence-electron chi connectivity index (χ1n) is 5.48. The van der Waals surface area contributed by atoms with E-state index in [-0.39, 0.29) is 16.5 Å². The van der Waals surface area contributed by atoms with E-state index in [1.807, 2.05) is 38.1 Å². The molecule has 4 nitrogen and oxygen atoms in total. The lowest BCUT2D eigenvalue weighted by atomic mass is 10.1.